The zero-order valence-electron chi connectivity index (χ0n) is 19.2. The van der Waals surface area contributed by atoms with Gasteiger partial charge in [-0.3, -0.25) is 14.7 Å². The molecule has 0 bridgehead atoms. The minimum atomic E-state index is -0.525. The third-order valence-electron chi connectivity index (χ3n) is 7.66. The number of hydrogen-bond acceptors (Lipinski definition) is 3. The van der Waals surface area contributed by atoms with Crippen LogP contribution in [0.4, 0.5) is 0 Å². The summed E-state index contributed by atoms with van der Waals surface area (Å²) >= 11 is 0. The minimum Gasteiger partial charge on any atom is -0.299 e. The van der Waals surface area contributed by atoms with Gasteiger partial charge in [0.1, 0.15) is 0 Å². The fourth-order valence-corrected chi connectivity index (χ4v) is 5.94. The molecular formula is C29H32N2O. The van der Waals surface area contributed by atoms with Gasteiger partial charge in [-0.25, -0.2) is 0 Å². The number of rotatable bonds is 5. The van der Waals surface area contributed by atoms with Gasteiger partial charge in [0, 0.05) is 17.8 Å². The third kappa shape index (κ3) is 3.59. The summed E-state index contributed by atoms with van der Waals surface area (Å²) in [5.74, 6) is 0.593. The third-order valence-corrected chi connectivity index (χ3v) is 7.66. The molecule has 3 nitrogen and oxygen atoms in total. The summed E-state index contributed by atoms with van der Waals surface area (Å²) in [7, 11) is 0. The van der Waals surface area contributed by atoms with E-state index in [-0.39, 0.29) is 5.78 Å². The first-order chi connectivity index (χ1) is 15.6. The van der Waals surface area contributed by atoms with E-state index in [1.807, 2.05) is 25.1 Å². The van der Waals surface area contributed by atoms with E-state index in [9.17, 15) is 4.79 Å². The molecule has 1 unspecified atom stereocenters. The van der Waals surface area contributed by atoms with Crippen LogP contribution in [0, 0.1) is 12.8 Å². The molecular weight excluding hydrogens is 392 g/mol. The number of Topliss-reactive ketones (excluding diaryl/α,β-unsaturated/α-hetero) is 1. The molecule has 32 heavy (non-hydrogen) atoms. The van der Waals surface area contributed by atoms with E-state index in [1.165, 1.54) is 16.7 Å². The number of likely N-dealkylation sites (tertiary alicyclic amines) is 1. The molecule has 0 spiro atoms. The van der Waals surface area contributed by atoms with Gasteiger partial charge in [-0.1, -0.05) is 61.5 Å². The van der Waals surface area contributed by atoms with Crippen LogP contribution < -0.4 is 0 Å². The van der Waals surface area contributed by atoms with Crippen LogP contribution in [0.3, 0.4) is 0 Å². The van der Waals surface area contributed by atoms with Crippen LogP contribution in [-0.4, -0.2) is 28.8 Å². The van der Waals surface area contributed by atoms with Gasteiger partial charge < -0.3 is 0 Å². The smallest absolute Gasteiger partial charge is 0.175 e. The molecule has 5 rings (SSSR count). The average molecular weight is 425 g/mol. The largest absolute Gasteiger partial charge is 0.299 e. The van der Waals surface area contributed by atoms with Gasteiger partial charge in [-0.15, -0.1) is 0 Å². The number of fused-ring (bicyclic) bond motifs is 1. The van der Waals surface area contributed by atoms with E-state index < -0.39 is 5.41 Å². The van der Waals surface area contributed by atoms with E-state index >= 15 is 0 Å². The molecule has 3 heteroatoms. The number of nitrogens with zero attached hydrogens (tertiary/aromatic N) is 2. The van der Waals surface area contributed by atoms with Crippen LogP contribution in [0.15, 0.2) is 66.7 Å². The minimum absolute atomic E-state index is 0.279. The Morgan fingerprint density at radius 3 is 2.38 bits per heavy atom. The Bertz CT molecular complexity index is 1130. The molecule has 1 aromatic heterocycles. The maximum atomic E-state index is 13.9. The lowest BCUT2D eigenvalue weighted by atomic mass is 9.66. The van der Waals surface area contributed by atoms with Gasteiger partial charge in [0.15, 0.2) is 5.78 Å². The zero-order valence-corrected chi connectivity index (χ0v) is 19.2. The van der Waals surface area contributed by atoms with Crippen LogP contribution in [0.2, 0.25) is 0 Å². The van der Waals surface area contributed by atoms with Crippen molar-refractivity contribution in [2.45, 2.75) is 51.5 Å². The molecule has 1 aliphatic heterocycles. The second-order valence-corrected chi connectivity index (χ2v) is 9.47. The second-order valence-electron chi connectivity index (χ2n) is 9.47. The van der Waals surface area contributed by atoms with Crippen molar-refractivity contribution in [2.24, 2.45) is 5.92 Å². The van der Waals surface area contributed by atoms with E-state index in [1.54, 1.807) is 0 Å². The highest BCUT2D eigenvalue weighted by Gasteiger charge is 2.53. The molecule has 0 radical (unpaired) electrons. The Kier molecular flexibility index (Phi) is 5.69. The Morgan fingerprint density at radius 2 is 1.66 bits per heavy atom. The number of carbonyl (C=O) groups excluding carboxylic acids is 1. The number of aromatic nitrogens is 1. The summed E-state index contributed by atoms with van der Waals surface area (Å²) in [6.45, 7) is 7.31. The highest BCUT2D eigenvalue weighted by Crippen LogP contribution is 2.48. The number of ketones is 1. The fraction of sp³-hybridized carbons (Fsp3) is 0.379. The topological polar surface area (TPSA) is 33.2 Å². The summed E-state index contributed by atoms with van der Waals surface area (Å²) < 4.78 is 0. The van der Waals surface area contributed by atoms with Gasteiger partial charge in [0.05, 0.1) is 11.1 Å². The number of hydrogen-bond donors (Lipinski definition) is 0. The predicted molar refractivity (Wildman–Crippen MR) is 129 cm³/mol. The lowest BCUT2D eigenvalue weighted by Gasteiger charge is -2.41. The Labute approximate surface area is 191 Å². The molecule has 3 aromatic rings. The first kappa shape index (κ1) is 21.1. The number of pyridine rings is 1. The highest BCUT2D eigenvalue weighted by atomic mass is 16.1. The first-order valence-electron chi connectivity index (χ1n) is 12.0. The van der Waals surface area contributed by atoms with Crippen LogP contribution in [0.1, 0.15) is 58.2 Å². The molecule has 2 heterocycles. The van der Waals surface area contributed by atoms with Crippen molar-refractivity contribution in [3.63, 3.8) is 0 Å². The summed E-state index contributed by atoms with van der Waals surface area (Å²) in [4.78, 5) is 21.4. The van der Waals surface area contributed by atoms with Crippen molar-refractivity contribution < 1.29 is 4.79 Å². The first-order valence-corrected chi connectivity index (χ1v) is 12.0. The van der Waals surface area contributed by atoms with Crippen molar-refractivity contribution in [3.05, 3.63) is 100 Å². The summed E-state index contributed by atoms with van der Waals surface area (Å²) in [5.41, 5.74) is 6.38. The van der Waals surface area contributed by atoms with E-state index in [0.29, 0.717) is 5.92 Å². The molecule has 164 valence electrons. The molecule has 0 saturated carbocycles. The summed E-state index contributed by atoms with van der Waals surface area (Å²) in [6, 6.07) is 23.1. The standard InChI is InChI=1S/C29H32N2O/c1-3-22-10-4-5-12-24(22)20-31-17-15-25(16-18-31)29(27-14-8-9-21(2)30-27)19-23-11-6-7-13-26(23)28(29)32/h4-14,25H,3,15-20H2,1-2H3. The molecule has 2 aliphatic rings. The van der Waals surface area contributed by atoms with Crippen molar-refractivity contribution in [3.8, 4) is 0 Å². The molecule has 1 atom stereocenters. The monoisotopic (exact) mass is 424 g/mol. The van der Waals surface area contributed by atoms with Crippen molar-refractivity contribution in [1.29, 1.82) is 0 Å². The molecule has 0 amide bonds. The van der Waals surface area contributed by atoms with Gasteiger partial charge >= 0.3 is 0 Å². The van der Waals surface area contributed by atoms with Gasteiger partial charge in [0.2, 0.25) is 0 Å². The van der Waals surface area contributed by atoms with E-state index in [0.717, 1.165) is 62.3 Å². The lowest BCUT2D eigenvalue weighted by Crippen LogP contribution is -2.47. The summed E-state index contributed by atoms with van der Waals surface area (Å²) in [6.07, 6.45) is 3.91. The van der Waals surface area contributed by atoms with Crippen molar-refractivity contribution in [2.75, 3.05) is 13.1 Å². The van der Waals surface area contributed by atoms with Crippen molar-refractivity contribution in [1.82, 2.24) is 9.88 Å². The normalized spacial score (nSPS) is 21.6. The van der Waals surface area contributed by atoms with E-state index in [4.69, 9.17) is 4.98 Å². The Hall–Kier alpha value is -2.78. The van der Waals surface area contributed by atoms with Crippen LogP contribution in [0.25, 0.3) is 0 Å². The molecule has 1 aliphatic carbocycles. The number of aryl methyl sites for hydroxylation is 2. The molecule has 1 saturated heterocycles. The molecule has 0 N–H and O–H groups in total. The van der Waals surface area contributed by atoms with Crippen LogP contribution in [0.5, 0.6) is 0 Å². The number of carbonyl (C=O) groups is 1. The molecule has 2 aromatic carbocycles. The Morgan fingerprint density at radius 1 is 0.938 bits per heavy atom. The Balaban J connectivity index is 1.42. The lowest BCUT2D eigenvalue weighted by molar-refractivity contribution is 0.0726. The SMILES string of the molecule is CCc1ccccc1CN1CCC(C2(c3cccc(C)n3)Cc3ccccc3C2=O)CC1. The maximum absolute atomic E-state index is 13.9. The fourth-order valence-electron chi connectivity index (χ4n) is 5.94. The molecule has 1 fully saturated rings. The number of piperidine rings is 1. The van der Waals surface area contributed by atoms with Crippen molar-refractivity contribution >= 4 is 5.78 Å². The average Bonchev–Trinajstić information content (AvgIpc) is 3.13. The second kappa shape index (κ2) is 8.63. The van der Waals surface area contributed by atoms with Gasteiger partial charge in [0.25, 0.3) is 0 Å². The van der Waals surface area contributed by atoms with Crippen LogP contribution in [-0.2, 0) is 24.8 Å². The van der Waals surface area contributed by atoms with E-state index in [2.05, 4.69) is 60.4 Å². The maximum Gasteiger partial charge on any atom is 0.175 e. The highest BCUT2D eigenvalue weighted by molar-refractivity contribution is 6.08. The zero-order chi connectivity index (χ0) is 22.1. The predicted octanol–water partition coefficient (Wildman–Crippen LogP) is 5.54. The van der Waals surface area contributed by atoms with Crippen LogP contribution >= 0.6 is 0 Å². The summed E-state index contributed by atoms with van der Waals surface area (Å²) in [5, 5.41) is 0. The van der Waals surface area contributed by atoms with Gasteiger partial charge in [-0.05, 0) is 80.4 Å². The quantitative estimate of drug-likeness (QED) is 0.539. The number of benzene rings is 2. The van der Waals surface area contributed by atoms with Gasteiger partial charge in [-0.2, -0.15) is 0 Å².